The number of hydrogen-bond donors (Lipinski definition) is 0. The van der Waals surface area contributed by atoms with Crippen molar-refractivity contribution in [2.75, 3.05) is 13.4 Å². The Morgan fingerprint density at radius 1 is 1.53 bits per heavy atom. The summed E-state index contributed by atoms with van der Waals surface area (Å²) < 4.78 is 15.8. The Bertz CT molecular complexity index is 475. The summed E-state index contributed by atoms with van der Waals surface area (Å²) in [5.41, 5.74) is 0.732. The van der Waals surface area contributed by atoms with Gasteiger partial charge in [-0.25, -0.2) is 0 Å². The molecule has 0 N–H and O–H groups in total. The van der Waals surface area contributed by atoms with Crippen molar-refractivity contribution in [3.8, 4) is 17.6 Å². The molecule has 0 spiro atoms. The van der Waals surface area contributed by atoms with Crippen LogP contribution in [0.5, 0.6) is 11.5 Å². The minimum Gasteiger partial charge on any atom is -0.498 e. The van der Waals surface area contributed by atoms with Gasteiger partial charge in [-0.05, 0) is 12.1 Å². The third kappa shape index (κ3) is 2.49. The Hall–Kier alpha value is -2.19. The maximum absolute atomic E-state index is 10.3. The average molecular weight is 233 g/mol. The van der Waals surface area contributed by atoms with Crippen LogP contribution >= 0.6 is 0 Å². The van der Waals surface area contributed by atoms with E-state index < -0.39 is 6.10 Å². The van der Waals surface area contributed by atoms with Crippen LogP contribution < -0.4 is 9.47 Å². The summed E-state index contributed by atoms with van der Waals surface area (Å²) in [6.07, 6.45) is 0.965. The third-order valence-corrected chi connectivity index (χ3v) is 2.25. The van der Waals surface area contributed by atoms with Crippen LogP contribution in [0.25, 0.3) is 5.01 Å². The fraction of sp³-hybridized carbons (Fsp3) is 0.250. The zero-order valence-electron chi connectivity index (χ0n) is 9.09. The van der Waals surface area contributed by atoms with Gasteiger partial charge in [0.05, 0.1) is 6.61 Å². The number of nitrogens with zero attached hydrogens (tertiary/aromatic N) is 1. The van der Waals surface area contributed by atoms with Gasteiger partial charge in [-0.3, -0.25) is 0 Å². The Morgan fingerprint density at radius 2 is 2.35 bits per heavy atom. The van der Waals surface area contributed by atoms with Gasteiger partial charge in [-0.1, -0.05) is 12.1 Å². The molecule has 0 saturated heterocycles. The van der Waals surface area contributed by atoms with Gasteiger partial charge in [-0.2, -0.15) is 0 Å². The third-order valence-electron chi connectivity index (χ3n) is 2.25. The predicted octanol–water partition coefficient (Wildman–Crippen LogP) is 2.49. The first-order valence-electron chi connectivity index (χ1n) is 5.05. The van der Waals surface area contributed by atoms with Crippen molar-refractivity contribution in [3.63, 3.8) is 0 Å². The van der Waals surface area contributed by atoms with Gasteiger partial charge in [0.25, 0.3) is 0 Å². The SMILES string of the molecule is C=CCOC(C#[N+][O-])c1ccc2c(c1)OCO2. The van der Waals surface area contributed by atoms with Crippen LogP contribution in [0, 0.1) is 11.3 Å². The van der Waals surface area contributed by atoms with Crippen molar-refractivity contribution >= 4 is 0 Å². The molecule has 5 nitrogen and oxygen atoms in total. The molecule has 88 valence electrons. The summed E-state index contributed by atoms with van der Waals surface area (Å²) in [5.74, 6) is 1.30. The maximum Gasteiger partial charge on any atom is 0.335 e. The Morgan fingerprint density at radius 3 is 3.12 bits per heavy atom. The van der Waals surface area contributed by atoms with E-state index in [4.69, 9.17) is 14.2 Å². The summed E-state index contributed by atoms with van der Waals surface area (Å²) in [4.78, 5) is 0. The van der Waals surface area contributed by atoms with Crippen LogP contribution in [0.15, 0.2) is 30.9 Å². The first-order valence-corrected chi connectivity index (χ1v) is 5.05. The van der Waals surface area contributed by atoms with E-state index in [2.05, 4.69) is 17.7 Å². The molecule has 0 aliphatic carbocycles. The summed E-state index contributed by atoms with van der Waals surface area (Å²) in [5, 5.41) is 12.9. The minimum absolute atomic E-state index is 0.205. The average Bonchev–Trinajstić information content (AvgIpc) is 2.81. The van der Waals surface area contributed by atoms with Crippen LogP contribution in [-0.4, -0.2) is 13.4 Å². The Balaban J connectivity index is 2.22. The Kier molecular flexibility index (Phi) is 3.48. The minimum atomic E-state index is -0.625. The molecule has 0 fully saturated rings. The molecule has 1 aliphatic rings. The molecule has 0 aromatic heterocycles. The molecule has 0 amide bonds. The normalized spacial score (nSPS) is 13.6. The molecule has 1 heterocycles. The lowest BCUT2D eigenvalue weighted by Gasteiger charge is -2.07. The van der Waals surface area contributed by atoms with Crippen molar-refractivity contribution in [1.82, 2.24) is 0 Å². The molecule has 0 bridgehead atoms. The van der Waals surface area contributed by atoms with E-state index >= 15 is 0 Å². The van der Waals surface area contributed by atoms with Crippen molar-refractivity contribution in [1.29, 1.82) is 0 Å². The van der Waals surface area contributed by atoms with Crippen LogP contribution in [-0.2, 0) is 4.74 Å². The van der Waals surface area contributed by atoms with E-state index in [9.17, 15) is 5.21 Å². The van der Waals surface area contributed by atoms with Crippen LogP contribution in [0.2, 0.25) is 0 Å². The second kappa shape index (κ2) is 5.23. The molecule has 17 heavy (non-hydrogen) atoms. The Labute approximate surface area is 98.6 Å². The fourth-order valence-electron chi connectivity index (χ4n) is 1.50. The number of rotatable bonds is 4. The molecule has 1 unspecified atom stereocenters. The lowest BCUT2D eigenvalue weighted by molar-refractivity contribution is 0.117. The largest absolute Gasteiger partial charge is 0.498 e. The smallest absolute Gasteiger partial charge is 0.335 e. The quantitative estimate of drug-likeness (QED) is 0.592. The zero-order valence-corrected chi connectivity index (χ0v) is 9.09. The number of hydrogen-bond acceptors (Lipinski definition) is 4. The number of benzene rings is 1. The van der Waals surface area contributed by atoms with Crippen molar-refractivity contribution in [3.05, 3.63) is 46.6 Å². The first kappa shape index (κ1) is 11.3. The van der Waals surface area contributed by atoms with E-state index in [1.807, 2.05) is 0 Å². The van der Waals surface area contributed by atoms with Gasteiger partial charge >= 0.3 is 6.07 Å². The standard InChI is InChI=1S/C12H11NO4/c1-2-5-15-12(7-13-14)9-3-4-10-11(6-9)17-8-16-10/h2-4,6,12H,1,5,8H2. The van der Waals surface area contributed by atoms with E-state index in [0.29, 0.717) is 18.1 Å². The highest BCUT2D eigenvalue weighted by molar-refractivity contribution is 5.46. The fourth-order valence-corrected chi connectivity index (χ4v) is 1.50. The highest BCUT2D eigenvalue weighted by Gasteiger charge is 2.20. The highest BCUT2D eigenvalue weighted by atomic mass is 16.7. The number of fused-ring (bicyclic) bond motifs is 1. The van der Waals surface area contributed by atoms with Crippen molar-refractivity contribution in [2.24, 2.45) is 0 Å². The number of ether oxygens (including phenoxy) is 3. The van der Waals surface area contributed by atoms with E-state index in [0.717, 1.165) is 5.56 Å². The van der Waals surface area contributed by atoms with E-state index in [1.54, 1.807) is 24.3 Å². The lowest BCUT2D eigenvalue weighted by atomic mass is 10.1. The van der Waals surface area contributed by atoms with E-state index in [-0.39, 0.29) is 6.79 Å². The highest BCUT2D eigenvalue weighted by Crippen LogP contribution is 2.34. The lowest BCUT2D eigenvalue weighted by Crippen LogP contribution is -2.01. The molecule has 5 heteroatoms. The summed E-state index contributed by atoms with van der Waals surface area (Å²) >= 11 is 0. The monoisotopic (exact) mass is 233 g/mol. The van der Waals surface area contributed by atoms with Crippen molar-refractivity contribution < 1.29 is 14.2 Å². The van der Waals surface area contributed by atoms with Crippen molar-refractivity contribution in [2.45, 2.75) is 6.10 Å². The molecule has 2 rings (SSSR count). The zero-order chi connectivity index (χ0) is 12.1. The molecule has 0 saturated carbocycles. The summed E-state index contributed by atoms with van der Waals surface area (Å²) in [6, 6.07) is 7.61. The topological polar surface area (TPSA) is 55.1 Å². The molecule has 1 aromatic rings. The van der Waals surface area contributed by atoms with Crippen LogP contribution in [0.3, 0.4) is 0 Å². The second-order valence-electron chi connectivity index (χ2n) is 3.34. The maximum atomic E-state index is 10.3. The van der Waals surface area contributed by atoms with Gasteiger partial charge < -0.3 is 19.4 Å². The molecular formula is C12H11NO4. The first-order chi connectivity index (χ1) is 8.35. The predicted molar refractivity (Wildman–Crippen MR) is 62.1 cm³/mol. The summed E-state index contributed by atoms with van der Waals surface area (Å²) in [6.45, 7) is 4.05. The molecule has 1 atom stereocenters. The van der Waals surface area contributed by atoms with Crippen LogP contribution in [0.4, 0.5) is 0 Å². The summed E-state index contributed by atoms with van der Waals surface area (Å²) in [7, 11) is 0. The molecule has 1 aliphatic heterocycles. The van der Waals surface area contributed by atoms with Gasteiger partial charge in [-0.15, -0.1) is 6.58 Å². The van der Waals surface area contributed by atoms with Gasteiger partial charge in [0, 0.05) is 10.6 Å². The van der Waals surface area contributed by atoms with Gasteiger partial charge in [0.2, 0.25) is 12.9 Å². The van der Waals surface area contributed by atoms with Crippen LogP contribution in [0.1, 0.15) is 11.7 Å². The van der Waals surface area contributed by atoms with Gasteiger partial charge in [0.1, 0.15) is 0 Å². The van der Waals surface area contributed by atoms with E-state index in [1.165, 1.54) is 0 Å². The molecule has 1 aromatic carbocycles. The van der Waals surface area contributed by atoms with Gasteiger partial charge in [0.15, 0.2) is 11.5 Å². The molecule has 0 radical (unpaired) electrons. The molecular weight excluding hydrogens is 222 g/mol. The second-order valence-corrected chi connectivity index (χ2v) is 3.34.